The molecule has 98 valence electrons. The van der Waals surface area contributed by atoms with Crippen molar-refractivity contribution in [2.24, 2.45) is 0 Å². The Bertz CT molecular complexity index is 686. The van der Waals surface area contributed by atoms with E-state index in [1.807, 2.05) is 24.3 Å². The molecule has 0 amide bonds. The number of nitrogens with zero attached hydrogens (tertiary/aromatic N) is 3. The second-order valence-electron chi connectivity index (χ2n) is 4.37. The molecule has 0 spiro atoms. The predicted molar refractivity (Wildman–Crippen MR) is 71.3 cm³/mol. The van der Waals surface area contributed by atoms with E-state index >= 15 is 0 Å². The van der Waals surface area contributed by atoms with E-state index in [1.165, 1.54) is 16.6 Å². The van der Waals surface area contributed by atoms with Crippen LogP contribution in [-0.4, -0.2) is 25.2 Å². The summed E-state index contributed by atoms with van der Waals surface area (Å²) in [6, 6.07) is 10.6. The Labute approximate surface area is 112 Å². The van der Waals surface area contributed by atoms with Crippen molar-refractivity contribution < 1.29 is 8.42 Å². The van der Waals surface area contributed by atoms with Gasteiger partial charge in [-0.15, -0.1) is 5.10 Å². The van der Waals surface area contributed by atoms with Crippen molar-refractivity contribution in [2.45, 2.75) is 17.9 Å². The highest BCUT2D eigenvalue weighted by Gasteiger charge is 2.29. The molecule has 0 bridgehead atoms. The molecule has 0 saturated heterocycles. The van der Waals surface area contributed by atoms with Gasteiger partial charge < -0.3 is 0 Å². The number of para-hydroxylation sites is 1. The lowest BCUT2D eigenvalue weighted by atomic mass is 10.0. The summed E-state index contributed by atoms with van der Waals surface area (Å²) in [5.41, 5.74) is 1.81. The van der Waals surface area contributed by atoms with Crippen LogP contribution in [0.5, 0.6) is 0 Å². The molecule has 2 aromatic rings. The lowest BCUT2D eigenvalue weighted by Crippen LogP contribution is -2.36. The maximum atomic E-state index is 12.6. The van der Waals surface area contributed by atoms with Gasteiger partial charge in [-0.1, -0.05) is 18.2 Å². The quantitative estimate of drug-likeness (QED) is 0.835. The molecule has 5 nitrogen and oxygen atoms in total. The average molecular weight is 275 g/mol. The van der Waals surface area contributed by atoms with Gasteiger partial charge in [0.15, 0.2) is 5.03 Å². The summed E-state index contributed by atoms with van der Waals surface area (Å²) < 4.78 is 26.6. The number of anilines is 1. The fourth-order valence-corrected chi connectivity index (χ4v) is 3.72. The Morgan fingerprint density at radius 1 is 1.11 bits per heavy atom. The molecule has 0 N–H and O–H groups in total. The standard InChI is InChI=1S/C13H13N3O2S/c17-19(18,13-8-3-9-14-15-13)16-10-4-6-11-5-1-2-7-12(11)16/h1-3,5,7-9H,4,6,10H2. The van der Waals surface area contributed by atoms with Crippen molar-refractivity contribution in [3.63, 3.8) is 0 Å². The number of benzene rings is 1. The fraction of sp³-hybridized carbons (Fsp3) is 0.231. The van der Waals surface area contributed by atoms with Crippen LogP contribution in [0.25, 0.3) is 0 Å². The third kappa shape index (κ3) is 2.08. The molecule has 1 aromatic carbocycles. The first-order valence-electron chi connectivity index (χ1n) is 6.08. The minimum atomic E-state index is -3.62. The highest BCUT2D eigenvalue weighted by Crippen LogP contribution is 2.30. The zero-order valence-electron chi connectivity index (χ0n) is 10.2. The van der Waals surface area contributed by atoms with Gasteiger partial charge in [-0.3, -0.25) is 4.31 Å². The highest BCUT2D eigenvalue weighted by molar-refractivity contribution is 7.92. The van der Waals surface area contributed by atoms with Gasteiger partial charge in [-0.05, 0) is 36.6 Å². The van der Waals surface area contributed by atoms with E-state index in [1.54, 1.807) is 6.07 Å². The maximum absolute atomic E-state index is 12.6. The second-order valence-corrected chi connectivity index (χ2v) is 6.18. The number of hydrogen-bond donors (Lipinski definition) is 0. The van der Waals surface area contributed by atoms with Crippen molar-refractivity contribution in [1.82, 2.24) is 10.2 Å². The van der Waals surface area contributed by atoms with Gasteiger partial charge in [0.1, 0.15) is 0 Å². The molecular formula is C13H13N3O2S. The van der Waals surface area contributed by atoms with Crippen LogP contribution in [0.1, 0.15) is 12.0 Å². The number of fused-ring (bicyclic) bond motifs is 1. The summed E-state index contributed by atoms with van der Waals surface area (Å²) in [4.78, 5) is 0. The molecule has 0 aliphatic carbocycles. The molecule has 1 aliphatic rings. The molecule has 1 aliphatic heterocycles. The summed E-state index contributed by atoms with van der Waals surface area (Å²) in [7, 11) is -3.62. The van der Waals surface area contributed by atoms with Crippen LogP contribution in [0, 0.1) is 0 Å². The zero-order valence-corrected chi connectivity index (χ0v) is 11.0. The van der Waals surface area contributed by atoms with Crippen molar-refractivity contribution in [2.75, 3.05) is 10.8 Å². The summed E-state index contributed by atoms with van der Waals surface area (Å²) in [5.74, 6) is 0. The third-order valence-corrected chi connectivity index (χ3v) is 4.88. The molecule has 0 unspecified atom stereocenters. The van der Waals surface area contributed by atoms with Gasteiger partial charge in [0.2, 0.25) is 0 Å². The summed E-state index contributed by atoms with van der Waals surface area (Å²) in [5, 5.41) is 7.36. The van der Waals surface area contributed by atoms with Crippen LogP contribution in [-0.2, 0) is 16.4 Å². The van der Waals surface area contributed by atoms with Gasteiger partial charge in [-0.25, -0.2) is 0 Å². The van der Waals surface area contributed by atoms with E-state index in [0.29, 0.717) is 6.54 Å². The van der Waals surface area contributed by atoms with E-state index in [9.17, 15) is 8.42 Å². The molecular weight excluding hydrogens is 262 g/mol. The Hall–Kier alpha value is -1.95. The van der Waals surface area contributed by atoms with E-state index in [0.717, 1.165) is 24.1 Å². The first-order chi connectivity index (χ1) is 9.19. The molecule has 2 heterocycles. The molecule has 19 heavy (non-hydrogen) atoms. The normalized spacial score (nSPS) is 15.1. The summed E-state index contributed by atoms with van der Waals surface area (Å²) in [6.07, 6.45) is 3.18. The van der Waals surface area contributed by atoms with Gasteiger partial charge in [0.25, 0.3) is 10.0 Å². The number of sulfonamides is 1. The zero-order chi connectivity index (χ0) is 13.3. The van der Waals surface area contributed by atoms with Gasteiger partial charge >= 0.3 is 0 Å². The van der Waals surface area contributed by atoms with Crippen LogP contribution in [0.2, 0.25) is 0 Å². The molecule has 0 atom stereocenters. The highest BCUT2D eigenvalue weighted by atomic mass is 32.2. The van der Waals surface area contributed by atoms with Crippen LogP contribution < -0.4 is 4.31 Å². The Balaban J connectivity index is 2.09. The topological polar surface area (TPSA) is 63.2 Å². The Morgan fingerprint density at radius 3 is 2.74 bits per heavy atom. The minimum Gasteiger partial charge on any atom is -0.265 e. The summed E-state index contributed by atoms with van der Waals surface area (Å²) >= 11 is 0. The molecule has 0 radical (unpaired) electrons. The first-order valence-corrected chi connectivity index (χ1v) is 7.52. The Kier molecular flexibility index (Phi) is 2.94. The molecule has 0 fully saturated rings. The van der Waals surface area contributed by atoms with Crippen LogP contribution >= 0.6 is 0 Å². The van der Waals surface area contributed by atoms with Crippen LogP contribution in [0.3, 0.4) is 0 Å². The average Bonchev–Trinajstić information content (AvgIpc) is 2.47. The van der Waals surface area contributed by atoms with Crippen molar-refractivity contribution in [3.05, 3.63) is 48.2 Å². The maximum Gasteiger partial charge on any atom is 0.283 e. The third-order valence-electron chi connectivity index (χ3n) is 3.17. The predicted octanol–water partition coefficient (Wildman–Crippen LogP) is 1.62. The van der Waals surface area contributed by atoms with Gasteiger partial charge in [-0.2, -0.15) is 13.5 Å². The van der Waals surface area contributed by atoms with Gasteiger partial charge in [0.05, 0.1) is 5.69 Å². The summed E-state index contributed by atoms with van der Waals surface area (Å²) in [6.45, 7) is 0.482. The molecule has 6 heteroatoms. The van der Waals surface area contributed by atoms with E-state index in [4.69, 9.17) is 0 Å². The van der Waals surface area contributed by atoms with Crippen molar-refractivity contribution >= 4 is 15.7 Å². The minimum absolute atomic E-state index is 0.00768. The van der Waals surface area contributed by atoms with E-state index in [-0.39, 0.29) is 5.03 Å². The smallest absolute Gasteiger partial charge is 0.265 e. The van der Waals surface area contributed by atoms with Crippen molar-refractivity contribution in [1.29, 1.82) is 0 Å². The molecule has 0 saturated carbocycles. The molecule has 1 aromatic heterocycles. The molecule has 3 rings (SSSR count). The fourth-order valence-electron chi connectivity index (χ4n) is 2.29. The number of hydrogen-bond acceptors (Lipinski definition) is 4. The van der Waals surface area contributed by atoms with E-state index < -0.39 is 10.0 Å². The lowest BCUT2D eigenvalue weighted by molar-refractivity contribution is 0.580. The van der Waals surface area contributed by atoms with Crippen molar-refractivity contribution in [3.8, 4) is 0 Å². The number of aromatic nitrogens is 2. The lowest BCUT2D eigenvalue weighted by Gasteiger charge is -2.29. The number of aryl methyl sites for hydroxylation is 1. The second kappa shape index (κ2) is 4.62. The van der Waals surface area contributed by atoms with Crippen LogP contribution in [0.15, 0.2) is 47.6 Å². The first kappa shape index (κ1) is 12.1. The van der Waals surface area contributed by atoms with E-state index in [2.05, 4.69) is 10.2 Å². The van der Waals surface area contributed by atoms with Crippen LogP contribution in [0.4, 0.5) is 5.69 Å². The largest absolute Gasteiger partial charge is 0.283 e. The number of rotatable bonds is 2. The Morgan fingerprint density at radius 2 is 1.95 bits per heavy atom. The monoisotopic (exact) mass is 275 g/mol. The SMILES string of the molecule is O=S(=O)(c1cccnn1)N1CCCc2ccccc21. The van der Waals surface area contributed by atoms with Gasteiger partial charge in [0, 0.05) is 12.7 Å².